The number of hydrogen-bond donors (Lipinski definition) is 0. The lowest BCUT2D eigenvalue weighted by atomic mass is 10.1. The molecule has 0 radical (unpaired) electrons. The molecular formula is C15H30BrNO. The first-order valence-electron chi connectivity index (χ1n) is 7.46. The van der Waals surface area contributed by atoms with Crippen molar-refractivity contribution in [3.8, 4) is 0 Å². The molecule has 108 valence electrons. The van der Waals surface area contributed by atoms with Crippen LogP contribution in [0.1, 0.15) is 71.1 Å². The Bertz CT molecular complexity index is 197. The maximum atomic E-state index is 5.14. The van der Waals surface area contributed by atoms with Gasteiger partial charge in [0.2, 0.25) is 0 Å². The van der Waals surface area contributed by atoms with Crippen molar-refractivity contribution in [1.82, 2.24) is 4.90 Å². The molecule has 0 spiro atoms. The summed E-state index contributed by atoms with van der Waals surface area (Å²) in [7, 11) is 0. The largest absolute Gasteiger partial charge is 0.479 e. The smallest absolute Gasteiger partial charge is 0.160 e. The number of ether oxygens (including phenoxy) is 1. The summed E-state index contributed by atoms with van der Waals surface area (Å²) in [6.07, 6.45) is 17.9. The van der Waals surface area contributed by atoms with E-state index < -0.39 is 0 Å². The lowest BCUT2D eigenvalue weighted by molar-refractivity contribution is 0.169. The molecule has 1 aliphatic heterocycles. The highest BCUT2D eigenvalue weighted by molar-refractivity contribution is 8.93. The van der Waals surface area contributed by atoms with Gasteiger partial charge < -0.3 is 9.64 Å². The summed E-state index contributed by atoms with van der Waals surface area (Å²) >= 11 is 0. The summed E-state index contributed by atoms with van der Waals surface area (Å²) in [4.78, 5) is 2.24. The van der Waals surface area contributed by atoms with E-state index in [4.69, 9.17) is 4.74 Å². The van der Waals surface area contributed by atoms with Crippen LogP contribution in [-0.2, 0) is 4.74 Å². The maximum Gasteiger partial charge on any atom is 0.160 e. The fourth-order valence-corrected chi connectivity index (χ4v) is 2.25. The summed E-state index contributed by atoms with van der Waals surface area (Å²) < 4.78 is 5.14. The zero-order valence-corrected chi connectivity index (χ0v) is 13.6. The van der Waals surface area contributed by atoms with Crippen LogP contribution in [0.5, 0.6) is 0 Å². The highest BCUT2D eigenvalue weighted by Crippen LogP contribution is 2.11. The zero-order chi connectivity index (χ0) is 12.2. The first kappa shape index (κ1) is 17.8. The number of hydrogen-bond acceptors (Lipinski definition) is 2. The van der Waals surface area contributed by atoms with Gasteiger partial charge in [0.05, 0.1) is 0 Å². The van der Waals surface area contributed by atoms with Gasteiger partial charge in [0, 0.05) is 12.7 Å². The van der Waals surface area contributed by atoms with Gasteiger partial charge in [0.25, 0.3) is 0 Å². The van der Waals surface area contributed by atoms with Crippen molar-refractivity contribution >= 4 is 17.0 Å². The SMILES string of the molecule is Br.CCCCCCCCCCCCN1C=COC1. The van der Waals surface area contributed by atoms with E-state index in [9.17, 15) is 0 Å². The molecule has 0 saturated heterocycles. The molecule has 1 heterocycles. The zero-order valence-electron chi connectivity index (χ0n) is 11.9. The van der Waals surface area contributed by atoms with Crippen LogP contribution < -0.4 is 0 Å². The van der Waals surface area contributed by atoms with Gasteiger partial charge in [0.15, 0.2) is 6.73 Å². The monoisotopic (exact) mass is 319 g/mol. The molecule has 0 aromatic heterocycles. The average Bonchev–Trinajstić information content (AvgIpc) is 2.85. The van der Waals surface area contributed by atoms with E-state index in [2.05, 4.69) is 11.8 Å². The van der Waals surface area contributed by atoms with Crippen LogP contribution in [0.25, 0.3) is 0 Å². The van der Waals surface area contributed by atoms with Crippen LogP contribution in [0.15, 0.2) is 12.5 Å². The Morgan fingerprint density at radius 3 is 1.94 bits per heavy atom. The molecule has 1 rings (SSSR count). The van der Waals surface area contributed by atoms with E-state index in [0.717, 1.165) is 13.3 Å². The van der Waals surface area contributed by atoms with Gasteiger partial charge in [-0.2, -0.15) is 0 Å². The molecule has 0 aromatic rings. The Morgan fingerprint density at radius 2 is 1.44 bits per heavy atom. The maximum absolute atomic E-state index is 5.14. The Labute approximate surface area is 124 Å². The van der Waals surface area contributed by atoms with E-state index >= 15 is 0 Å². The third-order valence-corrected chi connectivity index (χ3v) is 3.41. The predicted octanol–water partition coefficient (Wildman–Crippen LogP) is 5.25. The molecule has 0 aromatic carbocycles. The van der Waals surface area contributed by atoms with Crippen LogP contribution in [-0.4, -0.2) is 18.2 Å². The molecule has 0 bridgehead atoms. The Balaban J connectivity index is 0.00000289. The standard InChI is InChI=1S/C15H29NO.BrH/c1-2-3-4-5-6-7-8-9-10-11-12-16-13-14-17-15-16;/h13-14H,2-12,15H2,1H3;1H. The van der Waals surface area contributed by atoms with Crippen molar-refractivity contribution in [2.24, 2.45) is 0 Å². The van der Waals surface area contributed by atoms with E-state index in [1.54, 1.807) is 6.26 Å². The molecule has 1 aliphatic rings. The highest BCUT2D eigenvalue weighted by Gasteiger charge is 2.03. The molecule has 0 aliphatic carbocycles. The van der Waals surface area contributed by atoms with E-state index in [1.165, 1.54) is 64.2 Å². The number of rotatable bonds is 11. The Morgan fingerprint density at radius 1 is 0.889 bits per heavy atom. The fourth-order valence-electron chi connectivity index (χ4n) is 2.25. The minimum absolute atomic E-state index is 0. The third kappa shape index (κ3) is 9.81. The predicted molar refractivity (Wildman–Crippen MR) is 84.0 cm³/mol. The minimum Gasteiger partial charge on any atom is -0.479 e. The second-order valence-corrected chi connectivity index (χ2v) is 5.08. The normalized spacial score (nSPS) is 13.5. The molecule has 0 amide bonds. The van der Waals surface area contributed by atoms with Gasteiger partial charge in [-0.1, -0.05) is 64.7 Å². The topological polar surface area (TPSA) is 12.5 Å². The number of nitrogens with zero attached hydrogens (tertiary/aromatic N) is 1. The summed E-state index contributed by atoms with van der Waals surface area (Å²) in [6.45, 7) is 4.20. The molecule has 0 unspecified atom stereocenters. The average molecular weight is 320 g/mol. The van der Waals surface area contributed by atoms with Crippen molar-refractivity contribution in [1.29, 1.82) is 0 Å². The molecule has 0 saturated carbocycles. The lowest BCUT2D eigenvalue weighted by Gasteiger charge is -2.12. The summed E-state index contributed by atoms with van der Waals surface area (Å²) in [5.74, 6) is 0. The molecule has 0 fully saturated rings. The van der Waals surface area contributed by atoms with Gasteiger partial charge in [-0.3, -0.25) is 0 Å². The first-order chi connectivity index (χ1) is 8.43. The lowest BCUT2D eigenvalue weighted by Crippen LogP contribution is -2.16. The molecular weight excluding hydrogens is 290 g/mol. The molecule has 2 nitrogen and oxygen atoms in total. The summed E-state index contributed by atoms with van der Waals surface area (Å²) in [5.41, 5.74) is 0. The van der Waals surface area contributed by atoms with Gasteiger partial charge >= 0.3 is 0 Å². The van der Waals surface area contributed by atoms with Crippen LogP contribution in [0.4, 0.5) is 0 Å². The molecule has 3 heteroatoms. The third-order valence-electron chi connectivity index (χ3n) is 3.41. The van der Waals surface area contributed by atoms with Gasteiger partial charge in [-0.25, -0.2) is 0 Å². The highest BCUT2D eigenvalue weighted by atomic mass is 79.9. The first-order valence-corrected chi connectivity index (χ1v) is 7.46. The molecule has 18 heavy (non-hydrogen) atoms. The minimum atomic E-state index is 0. The molecule has 0 N–H and O–H groups in total. The van der Waals surface area contributed by atoms with E-state index in [-0.39, 0.29) is 17.0 Å². The number of halogens is 1. The van der Waals surface area contributed by atoms with Crippen LogP contribution in [0.2, 0.25) is 0 Å². The number of unbranched alkanes of at least 4 members (excludes halogenated alkanes) is 9. The van der Waals surface area contributed by atoms with Gasteiger partial charge in [-0.15, -0.1) is 17.0 Å². The summed E-state index contributed by atoms with van der Waals surface area (Å²) in [6, 6.07) is 0. The van der Waals surface area contributed by atoms with Crippen molar-refractivity contribution < 1.29 is 4.74 Å². The van der Waals surface area contributed by atoms with E-state index in [0.29, 0.717) is 0 Å². The van der Waals surface area contributed by atoms with Crippen molar-refractivity contribution in [2.45, 2.75) is 71.1 Å². The second-order valence-electron chi connectivity index (χ2n) is 5.08. The van der Waals surface area contributed by atoms with Gasteiger partial charge in [0.1, 0.15) is 6.26 Å². The van der Waals surface area contributed by atoms with Crippen LogP contribution in [0, 0.1) is 0 Å². The van der Waals surface area contributed by atoms with Gasteiger partial charge in [-0.05, 0) is 6.42 Å². The van der Waals surface area contributed by atoms with Crippen LogP contribution in [0.3, 0.4) is 0 Å². The Kier molecular flexibility index (Phi) is 13.1. The fraction of sp³-hybridized carbons (Fsp3) is 0.867. The Hall–Kier alpha value is -0.180. The van der Waals surface area contributed by atoms with Crippen molar-refractivity contribution in [2.75, 3.05) is 13.3 Å². The van der Waals surface area contributed by atoms with Crippen molar-refractivity contribution in [3.63, 3.8) is 0 Å². The van der Waals surface area contributed by atoms with E-state index in [1.807, 2.05) is 6.20 Å². The molecule has 0 atom stereocenters. The van der Waals surface area contributed by atoms with Crippen molar-refractivity contribution in [3.05, 3.63) is 12.5 Å². The summed E-state index contributed by atoms with van der Waals surface area (Å²) in [5, 5.41) is 0. The van der Waals surface area contributed by atoms with Crippen LogP contribution >= 0.6 is 17.0 Å². The second kappa shape index (κ2) is 13.3. The quantitative estimate of drug-likeness (QED) is 0.482.